The van der Waals surface area contributed by atoms with Crippen molar-refractivity contribution >= 4 is 28.9 Å². The minimum absolute atomic E-state index is 0.0446. The van der Waals surface area contributed by atoms with Crippen molar-refractivity contribution in [3.8, 4) is 0 Å². The number of rotatable bonds is 8. The molecule has 0 aromatic heterocycles. The predicted molar refractivity (Wildman–Crippen MR) is 87.7 cm³/mol. The van der Waals surface area contributed by atoms with Gasteiger partial charge in [-0.1, -0.05) is 11.6 Å². The number of halogens is 1. The molecule has 1 aromatic carbocycles. The molecule has 0 aliphatic heterocycles. The summed E-state index contributed by atoms with van der Waals surface area (Å²) in [5, 5.41) is 3.35. The molecule has 118 valence electrons. The van der Waals surface area contributed by atoms with Crippen molar-refractivity contribution < 1.29 is 9.53 Å². The van der Waals surface area contributed by atoms with Crippen LogP contribution in [-0.2, 0) is 9.53 Å². The van der Waals surface area contributed by atoms with Crippen molar-refractivity contribution in [3.63, 3.8) is 0 Å². The summed E-state index contributed by atoms with van der Waals surface area (Å²) in [6.45, 7) is 3.62. The number of anilines is 2. The van der Waals surface area contributed by atoms with Crippen LogP contribution < -0.4 is 11.1 Å². The molecule has 0 bridgehead atoms. The average Bonchev–Trinajstić information content (AvgIpc) is 2.42. The van der Waals surface area contributed by atoms with E-state index >= 15 is 0 Å². The Kier molecular flexibility index (Phi) is 7.50. The van der Waals surface area contributed by atoms with Crippen molar-refractivity contribution in [1.29, 1.82) is 0 Å². The van der Waals surface area contributed by atoms with E-state index in [0.717, 1.165) is 13.0 Å². The van der Waals surface area contributed by atoms with Crippen LogP contribution in [0.1, 0.15) is 19.8 Å². The van der Waals surface area contributed by atoms with Crippen molar-refractivity contribution in [2.45, 2.75) is 25.8 Å². The zero-order valence-corrected chi connectivity index (χ0v) is 13.6. The molecule has 0 saturated heterocycles. The molecule has 21 heavy (non-hydrogen) atoms. The first-order valence-corrected chi connectivity index (χ1v) is 7.36. The summed E-state index contributed by atoms with van der Waals surface area (Å²) >= 11 is 5.82. The number of ether oxygens (including phenoxy) is 1. The van der Waals surface area contributed by atoms with E-state index in [1.165, 1.54) is 0 Å². The Bertz CT molecular complexity index is 468. The van der Waals surface area contributed by atoms with E-state index in [1.54, 1.807) is 25.3 Å². The molecule has 1 amide bonds. The lowest BCUT2D eigenvalue weighted by Crippen LogP contribution is -2.33. The third-order valence-electron chi connectivity index (χ3n) is 3.36. The third-order valence-corrected chi connectivity index (χ3v) is 3.60. The lowest BCUT2D eigenvalue weighted by Gasteiger charge is -2.23. The summed E-state index contributed by atoms with van der Waals surface area (Å²) in [5.74, 6) is -0.0446. The molecule has 0 spiro atoms. The van der Waals surface area contributed by atoms with Crippen LogP contribution in [0.2, 0.25) is 5.02 Å². The van der Waals surface area contributed by atoms with Gasteiger partial charge in [0, 0.05) is 24.6 Å². The van der Waals surface area contributed by atoms with Gasteiger partial charge in [-0.2, -0.15) is 0 Å². The van der Waals surface area contributed by atoms with Crippen LogP contribution in [0.15, 0.2) is 18.2 Å². The molecule has 0 aliphatic carbocycles. The number of nitrogens with two attached hydrogens (primary N) is 1. The highest BCUT2D eigenvalue weighted by Crippen LogP contribution is 2.22. The lowest BCUT2D eigenvalue weighted by atomic mass is 10.2. The Morgan fingerprint density at radius 1 is 1.52 bits per heavy atom. The maximum Gasteiger partial charge on any atom is 0.224 e. The highest BCUT2D eigenvalue weighted by Gasteiger charge is 2.10. The second-order valence-electron chi connectivity index (χ2n) is 5.17. The Morgan fingerprint density at radius 2 is 2.24 bits per heavy atom. The number of carbonyl (C=O) groups excluding carboxylic acids is 1. The van der Waals surface area contributed by atoms with Gasteiger partial charge in [0.1, 0.15) is 0 Å². The summed E-state index contributed by atoms with van der Waals surface area (Å²) in [7, 11) is 3.72. The van der Waals surface area contributed by atoms with E-state index < -0.39 is 0 Å². The van der Waals surface area contributed by atoms with Gasteiger partial charge in [0.05, 0.1) is 18.0 Å². The topological polar surface area (TPSA) is 67.6 Å². The molecule has 0 heterocycles. The normalized spacial score (nSPS) is 12.4. The summed E-state index contributed by atoms with van der Waals surface area (Å²) in [6.07, 6.45) is 1.23. The molecular weight excluding hydrogens is 290 g/mol. The van der Waals surface area contributed by atoms with Gasteiger partial charge in [0.25, 0.3) is 0 Å². The van der Waals surface area contributed by atoms with Gasteiger partial charge < -0.3 is 20.7 Å². The molecule has 3 N–H and O–H groups in total. The van der Waals surface area contributed by atoms with Crippen LogP contribution >= 0.6 is 11.6 Å². The van der Waals surface area contributed by atoms with Crippen molar-refractivity contribution in [2.24, 2.45) is 0 Å². The number of likely N-dealkylation sites (N-methyl/N-ethyl adjacent to an activating group) is 1. The number of hydrogen-bond donors (Lipinski definition) is 2. The molecule has 0 fully saturated rings. The zero-order valence-electron chi connectivity index (χ0n) is 12.9. The standard InChI is InChI=1S/C15H24ClN3O2/c1-11(10-21-3)19(2)8-4-5-15(20)18-14-7-6-12(16)9-13(14)17/h6-7,9,11H,4-5,8,10,17H2,1-3H3,(H,18,20). The molecule has 1 atom stereocenters. The van der Waals surface area contributed by atoms with Gasteiger partial charge in [0.15, 0.2) is 0 Å². The third kappa shape index (κ3) is 6.33. The molecule has 1 rings (SSSR count). The number of methoxy groups -OCH3 is 1. The molecule has 1 aromatic rings. The summed E-state index contributed by atoms with van der Waals surface area (Å²) in [5.41, 5.74) is 6.87. The second-order valence-corrected chi connectivity index (χ2v) is 5.60. The molecule has 5 nitrogen and oxygen atoms in total. The second kappa shape index (κ2) is 8.87. The maximum absolute atomic E-state index is 11.9. The number of nitrogen functional groups attached to an aromatic ring is 1. The number of amides is 1. The summed E-state index contributed by atoms with van der Waals surface area (Å²) < 4.78 is 5.11. The summed E-state index contributed by atoms with van der Waals surface area (Å²) in [6, 6.07) is 5.37. The number of hydrogen-bond acceptors (Lipinski definition) is 4. The van der Waals surface area contributed by atoms with E-state index in [4.69, 9.17) is 22.1 Å². The van der Waals surface area contributed by atoms with Crippen LogP contribution in [0.3, 0.4) is 0 Å². The molecule has 1 unspecified atom stereocenters. The van der Waals surface area contributed by atoms with E-state index in [9.17, 15) is 4.79 Å². The minimum atomic E-state index is -0.0446. The number of carbonyl (C=O) groups is 1. The minimum Gasteiger partial charge on any atom is -0.397 e. The quantitative estimate of drug-likeness (QED) is 0.724. The van der Waals surface area contributed by atoms with Gasteiger partial charge in [-0.3, -0.25) is 4.79 Å². The maximum atomic E-state index is 11.9. The summed E-state index contributed by atoms with van der Waals surface area (Å²) in [4.78, 5) is 14.1. The Balaban J connectivity index is 2.34. The fourth-order valence-electron chi connectivity index (χ4n) is 1.94. The number of benzene rings is 1. The van der Waals surface area contributed by atoms with Gasteiger partial charge in [-0.15, -0.1) is 0 Å². The molecular formula is C15H24ClN3O2. The van der Waals surface area contributed by atoms with Gasteiger partial charge in [-0.25, -0.2) is 0 Å². The number of nitrogens with one attached hydrogen (secondary N) is 1. The van der Waals surface area contributed by atoms with Crippen LogP contribution in [0.5, 0.6) is 0 Å². The van der Waals surface area contributed by atoms with E-state index in [-0.39, 0.29) is 5.91 Å². The molecule has 6 heteroatoms. The van der Waals surface area contributed by atoms with Gasteiger partial charge >= 0.3 is 0 Å². The molecule has 0 radical (unpaired) electrons. The highest BCUT2D eigenvalue weighted by molar-refractivity contribution is 6.31. The van der Waals surface area contributed by atoms with Gasteiger partial charge in [0.2, 0.25) is 5.91 Å². The van der Waals surface area contributed by atoms with E-state index in [2.05, 4.69) is 17.1 Å². The fraction of sp³-hybridized carbons (Fsp3) is 0.533. The number of nitrogens with zero attached hydrogens (tertiary/aromatic N) is 1. The van der Waals surface area contributed by atoms with Crippen molar-refractivity contribution in [3.05, 3.63) is 23.2 Å². The Labute approximate surface area is 131 Å². The van der Waals surface area contributed by atoms with Crippen molar-refractivity contribution in [1.82, 2.24) is 4.90 Å². The van der Waals surface area contributed by atoms with Crippen LogP contribution in [0, 0.1) is 0 Å². The fourth-order valence-corrected chi connectivity index (χ4v) is 2.12. The lowest BCUT2D eigenvalue weighted by molar-refractivity contribution is -0.116. The van der Waals surface area contributed by atoms with Crippen LogP contribution in [0.4, 0.5) is 11.4 Å². The van der Waals surface area contributed by atoms with Crippen LogP contribution in [0.25, 0.3) is 0 Å². The van der Waals surface area contributed by atoms with Crippen molar-refractivity contribution in [2.75, 3.05) is 38.4 Å². The monoisotopic (exact) mass is 313 g/mol. The van der Waals surface area contributed by atoms with Crippen LogP contribution in [-0.4, -0.2) is 44.2 Å². The largest absolute Gasteiger partial charge is 0.397 e. The van der Waals surface area contributed by atoms with E-state index in [1.807, 2.05) is 7.05 Å². The first-order chi connectivity index (χ1) is 9.93. The average molecular weight is 314 g/mol. The molecule has 0 aliphatic rings. The van der Waals surface area contributed by atoms with Gasteiger partial charge in [-0.05, 0) is 45.1 Å². The zero-order chi connectivity index (χ0) is 15.8. The van der Waals surface area contributed by atoms with E-state index in [0.29, 0.717) is 35.5 Å². The first-order valence-electron chi connectivity index (χ1n) is 6.98. The first kappa shape index (κ1) is 17.8. The SMILES string of the molecule is COCC(C)N(C)CCCC(=O)Nc1ccc(Cl)cc1N. The molecule has 0 saturated carbocycles. The highest BCUT2D eigenvalue weighted by atomic mass is 35.5. The Hall–Kier alpha value is -1.30. The predicted octanol–water partition coefficient (Wildman–Crippen LogP) is 2.61. The Morgan fingerprint density at radius 3 is 2.86 bits per heavy atom. The smallest absolute Gasteiger partial charge is 0.224 e.